The van der Waals surface area contributed by atoms with Crippen molar-refractivity contribution < 1.29 is 0 Å². The standard InChI is InChI=1S/C13H28N2/c1-10(2)12(14)13(15(4)5)8-6-7-11(3)9-13/h10-12H,6-9,14H2,1-5H3. The van der Waals surface area contributed by atoms with Crippen LogP contribution in [0.2, 0.25) is 0 Å². The third-order valence-corrected chi connectivity index (χ3v) is 4.24. The van der Waals surface area contributed by atoms with E-state index in [4.69, 9.17) is 5.73 Å². The largest absolute Gasteiger partial charge is 0.326 e. The molecule has 15 heavy (non-hydrogen) atoms. The van der Waals surface area contributed by atoms with E-state index < -0.39 is 0 Å². The maximum atomic E-state index is 6.45. The Balaban J connectivity index is 2.87. The number of rotatable bonds is 3. The summed E-state index contributed by atoms with van der Waals surface area (Å²) in [5.74, 6) is 1.39. The highest BCUT2D eigenvalue weighted by atomic mass is 15.2. The summed E-state index contributed by atoms with van der Waals surface area (Å²) in [6.07, 6.45) is 5.24. The summed E-state index contributed by atoms with van der Waals surface area (Å²) in [4.78, 5) is 2.38. The van der Waals surface area contributed by atoms with Crippen LogP contribution in [0.15, 0.2) is 0 Å². The molecular formula is C13H28N2. The lowest BCUT2D eigenvalue weighted by Crippen LogP contribution is -2.61. The van der Waals surface area contributed by atoms with Crippen LogP contribution in [0.3, 0.4) is 0 Å². The van der Waals surface area contributed by atoms with Crippen molar-refractivity contribution in [3.8, 4) is 0 Å². The highest BCUT2D eigenvalue weighted by Crippen LogP contribution is 2.39. The molecule has 0 aromatic carbocycles. The highest BCUT2D eigenvalue weighted by molar-refractivity contribution is 5.01. The molecular weight excluding hydrogens is 184 g/mol. The summed E-state index contributed by atoms with van der Waals surface area (Å²) in [6.45, 7) is 6.86. The van der Waals surface area contributed by atoms with Gasteiger partial charge in [-0.1, -0.05) is 33.6 Å². The number of likely N-dealkylation sites (N-methyl/N-ethyl adjacent to an activating group) is 1. The monoisotopic (exact) mass is 212 g/mol. The first-order chi connectivity index (χ1) is 6.90. The fraction of sp³-hybridized carbons (Fsp3) is 1.00. The van der Waals surface area contributed by atoms with Gasteiger partial charge in [0.2, 0.25) is 0 Å². The van der Waals surface area contributed by atoms with Gasteiger partial charge in [0.05, 0.1) is 0 Å². The molecule has 2 nitrogen and oxygen atoms in total. The van der Waals surface area contributed by atoms with Crippen LogP contribution in [0.5, 0.6) is 0 Å². The Morgan fingerprint density at radius 1 is 1.33 bits per heavy atom. The lowest BCUT2D eigenvalue weighted by Gasteiger charge is -2.50. The van der Waals surface area contributed by atoms with Gasteiger partial charge in [-0.15, -0.1) is 0 Å². The minimum atomic E-state index is 0.242. The van der Waals surface area contributed by atoms with E-state index in [1.807, 2.05) is 0 Å². The molecule has 0 aliphatic heterocycles. The van der Waals surface area contributed by atoms with Gasteiger partial charge >= 0.3 is 0 Å². The van der Waals surface area contributed by atoms with Crippen molar-refractivity contribution in [1.82, 2.24) is 4.90 Å². The van der Waals surface area contributed by atoms with Crippen molar-refractivity contribution in [2.45, 2.75) is 58.0 Å². The van der Waals surface area contributed by atoms with Crippen molar-refractivity contribution in [3.05, 3.63) is 0 Å². The third kappa shape index (κ3) is 2.54. The Morgan fingerprint density at radius 2 is 1.93 bits per heavy atom. The number of nitrogens with two attached hydrogens (primary N) is 1. The van der Waals surface area contributed by atoms with Gasteiger partial charge < -0.3 is 10.6 Å². The van der Waals surface area contributed by atoms with E-state index in [9.17, 15) is 0 Å². The first kappa shape index (κ1) is 13.0. The van der Waals surface area contributed by atoms with Gasteiger partial charge in [0, 0.05) is 11.6 Å². The molecule has 90 valence electrons. The molecule has 0 saturated heterocycles. The maximum Gasteiger partial charge on any atom is 0.0359 e. The number of hydrogen-bond acceptors (Lipinski definition) is 2. The van der Waals surface area contributed by atoms with Crippen molar-refractivity contribution in [1.29, 1.82) is 0 Å². The van der Waals surface area contributed by atoms with Gasteiger partial charge in [-0.05, 0) is 38.8 Å². The summed E-state index contributed by atoms with van der Waals surface area (Å²) in [5, 5.41) is 0. The van der Waals surface area contributed by atoms with Crippen LogP contribution in [-0.2, 0) is 0 Å². The number of nitrogens with zero attached hydrogens (tertiary/aromatic N) is 1. The Morgan fingerprint density at radius 3 is 2.33 bits per heavy atom. The normalized spacial score (nSPS) is 34.8. The van der Waals surface area contributed by atoms with Crippen LogP contribution in [0.1, 0.15) is 46.5 Å². The highest BCUT2D eigenvalue weighted by Gasteiger charge is 2.42. The first-order valence-corrected chi connectivity index (χ1v) is 6.33. The van der Waals surface area contributed by atoms with Crippen LogP contribution < -0.4 is 5.73 Å². The molecule has 0 spiro atoms. The summed E-state index contributed by atoms with van der Waals surface area (Å²) >= 11 is 0. The molecule has 1 saturated carbocycles. The molecule has 2 N–H and O–H groups in total. The summed E-state index contributed by atoms with van der Waals surface area (Å²) in [6, 6.07) is 0.301. The number of hydrogen-bond donors (Lipinski definition) is 1. The van der Waals surface area contributed by atoms with E-state index in [1.165, 1.54) is 25.7 Å². The Kier molecular flexibility index (Phi) is 4.19. The summed E-state index contributed by atoms with van der Waals surface area (Å²) in [7, 11) is 4.39. The fourth-order valence-corrected chi connectivity index (χ4v) is 3.19. The molecule has 1 aliphatic carbocycles. The Labute approximate surface area is 95.2 Å². The molecule has 0 heterocycles. The zero-order valence-corrected chi connectivity index (χ0v) is 11.1. The molecule has 0 aromatic rings. The maximum absolute atomic E-state index is 6.45. The minimum Gasteiger partial charge on any atom is -0.326 e. The zero-order valence-electron chi connectivity index (χ0n) is 11.1. The molecule has 0 radical (unpaired) electrons. The van der Waals surface area contributed by atoms with Crippen molar-refractivity contribution in [2.75, 3.05) is 14.1 Å². The first-order valence-electron chi connectivity index (χ1n) is 6.33. The van der Waals surface area contributed by atoms with Gasteiger partial charge in [-0.2, -0.15) is 0 Å². The van der Waals surface area contributed by atoms with Gasteiger partial charge in [0.25, 0.3) is 0 Å². The molecule has 3 atom stereocenters. The average Bonchev–Trinajstić information content (AvgIpc) is 2.16. The summed E-state index contributed by atoms with van der Waals surface area (Å²) < 4.78 is 0. The summed E-state index contributed by atoms with van der Waals surface area (Å²) in [5.41, 5.74) is 6.69. The molecule has 0 bridgehead atoms. The predicted molar refractivity (Wildman–Crippen MR) is 66.9 cm³/mol. The van der Waals surface area contributed by atoms with E-state index in [0.717, 1.165) is 5.92 Å². The molecule has 3 unspecified atom stereocenters. The van der Waals surface area contributed by atoms with Crippen molar-refractivity contribution in [3.63, 3.8) is 0 Å². The predicted octanol–water partition coefficient (Wildman–Crippen LogP) is 2.48. The molecule has 1 rings (SSSR count). The van der Waals surface area contributed by atoms with E-state index in [2.05, 4.69) is 39.8 Å². The third-order valence-electron chi connectivity index (χ3n) is 4.24. The van der Waals surface area contributed by atoms with Crippen LogP contribution in [0, 0.1) is 11.8 Å². The van der Waals surface area contributed by atoms with Gasteiger partial charge in [0.15, 0.2) is 0 Å². The van der Waals surface area contributed by atoms with E-state index >= 15 is 0 Å². The minimum absolute atomic E-state index is 0.242. The molecule has 2 heteroatoms. The second-order valence-corrected chi connectivity index (χ2v) is 5.97. The van der Waals surface area contributed by atoms with Crippen LogP contribution in [0.4, 0.5) is 0 Å². The second kappa shape index (κ2) is 4.84. The van der Waals surface area contributed by atoms with Gasteiger partial charge in [-0.3, -0.25) is 0 Å². The topological polar surface area (TPSA) is 29.3 Å². The molecule has 1 fully saturated rings. The van der Waals surface area contributed by atoms with Crippen molar-refractivity contribution in [2.24, 2.45) is 17.6 Å². The quantitative estimate of drug-likeness (QED) is 0.779. The SMILES string of the molecule is CC1CCCC(C(N)C(C)C)(N(C)C)C1. The van der Waals surface area contributed by atoms with Gasteiger partial charge in [0.1, 0.15) is 0 Å². The van der Waals surface area contributed by atoms with E-state index in [-0.39, 0.29) is 5.54 Å². The van der Waals surface area contributed by atoms with Crippen LogP contribution >= 0.6 is 0 Å². The van der Waals surface area contributed by atoms with E-state index in [1.54, 1.807) is 0 Å². The van der Waals surface area contributed by atoms with Crippen LogP contribution in [-0.4, -0.2) is 30.6 Å². The van der Waals surface area contributed by atoms with Crippen LogP contribution in [0.25, 0.3) is 0 Å². The second-order valence-electron chi connectivity index (χ2n) is 5.97. The lowest BCUT2D eigenvalue weighted by atomic mass is 9.69. The molecule has 0 aromatic heterocycles. The Hall–Kier alpha value is -0.0800. The lowest BCUT2D eigenvalue weighted by molar-refractivity contribution is 0.0358. The zero-order chi connectivity index (χ0) is 11.6. The van der Waals surface area contributed by atoms with Crippen molar-refractivity contribution >= 4 is 0 Å². The average molecular weight is 212 g/mol. The molecule has 0 amide bonds. The van der Waals surface area contributed by atoms with E-state index in [0.29, 0.717) is 12.0 Å². The Bertz CT molecular complexity index is 201. The fourth-order valence-electron chi connectivity index (χ4n) is 3.19. The smallest absolute Gasteiger partial charge is 0.0359 e. The van der Waals surface area contributed by atoms with Gasteiger partial charge in [-0.25, -0.2) is 0 Å². The molecule has 1 aliphatic rings.